The molecule has 0 aromatic heterocycles. The number of hydrogen-bond donors (Lipinski definition) is 3. The van der Waals surface area contributed by atoms with Crippen LogP contribution < -0.4 is 25.4 Å². The van der Waals surface area contributed by atoms with Crippen molar-refractivity contribution in [1.82, 2.24) is 10.6 Å². The van der Waals surface area contributed by atoms with Gasteiger partial charge in [-0.3, -0.25) is 9.59 Å². The van der Waals surface area contributed by atoms with E-state index in [1.165, 1.54) is 0 Å². The molecule has 1 aliphatic rings. The first-order valence-corrected chi connectivity index (χ1v) is 8.27. The van der Waals surface area contributed by atoms with Crippen molar-refractivity contribution in [1.29, 1.82) is 0 Å². The van der Waals surface area contributed by atoms with Crippen LogP contribution in [0.25, 0.3) is 0 Å². The molecular weight excluding hydrogens is 310 g/mol. The highest BCUT2D eigenvalue weighted by molar-refractivity contribution is 5.78. The second-order valence-corrected chi connectivity index (χ2v) is 5.78. The lowest BCUT2D eigenvalue weighted by molar-refractivity contribution is -0.633. The zero-order valence-electron chi connectivity index (χ0n) is 14.5. The minimum atomic E-state index is -0.129. The minimum Gasteiger partial charge on any atom is -0.494 e. The molecule has 7 nitrogen and oxygen atoms in total. The summed E-state index contributed by atoms with van der Waals surface area (Å²) in [6.45, 7) is 5.34. The summed E-state index contributed by atoms with van der Waals surface area (Å²) in [6.07, 6.45) is 1.04. The Morgan fingerprint density at radius 2 is 2.08 bits per heavy atom. The van der Waals surface area contributed by atoms with E-state index in [1.807, 2.05) is 26.0 Å². The van der Waals surface area contributed by atoms with E-state index in [9.17, 15) is 9.59 Å². The van der Waals surface area contributed by atoms with E-state index in [-0.39, 0.29) is 31.0 Å². The van der Waals surface area contributed by atoms with Gasteiger partial charge in [0.15, 0.2) is 13.1 Å². The van der Waals surface area contributed by atoms with Gasteiger partial charge in [0.05, 0.1) is 6.61 Å². The molecule has 1 aromatic carbocycles. The molecule has 1 heterocycles. The maximum Gasteiger partial charge on any atom is 0.275 e. The van der Waals surface area contributed by atoms with Gasteiger partial charge in [-0.2, -0.15) is 0 Å². The molecule has 0 unspecified atom stereocenters. The van der Waals surface area contributed by atoms with E-state index in [4.69, 9.17) is 9.47 Å². The average molecular weight is 336 g/mol. The predicted octanol–water partition coefficient (Wildman–Crippen LogP) is -0.666. The van der Waals surface area contributed by atoms with Gasteiger partial charge < -0.3 is 25.4 Å². The van der Waals surface area contributed by atoms with Crippen molar-refractivity contribution >= 4 is 11.8 Å². The summed E-state index contributed by atoms with van der Waals surface area (Å²) >= 11 is 0. The highest BCUT2D eigenvalue weighted by Crippen LogP contribution is 2.35. The number of likely N-dealkylation sites (N-methyl/N-ethyl adjacent to an activating group) is 1. The van der Waals surface area contributed by atoms with E-state index in [1.54, 1.807) is 12.4 Å². The molecule has 0 aliphatic carbocycles. The lowest BCUT2D eigenvalue weighted by atomic mass is 10.1. The summed E-state index contributed by atoms with van der Waals surface area (Å²) < 4.78 is 11.5. The maximum atomic E-state index is 11.9. The fourth-order valence-corrected chi connectivity index (χ4v) is 2.61. The molecule has 0 saturated heterocycles. The molecule has 1 aliphatic heterocycles. The van der Waals surface area contributed by atoms with Crippen molar-refractivity contribution in [3.05, 3.63) is 23.3 Å². The first-order chi connectivity index (χ1) is 11.5. The average Bonchev–Trinajstić information content (AvgIpc) is 2.91. The third-order valence-corrected chi connectivity index (χ3v) is 3.79. The third-order valence-electron chi connectivity index (χ3n) is 3.79. The third kappa shape index (κ3) is 4.86. The van der Waals surface area contributed by atoms with Crippen molar-refractivity contribution in [2.45, 2.75) is 32.9 Å². The summed E-state index contributed by atoms with van der Waals surface area (Å²) in [7, 11) is 1.57. The number of carbonyl (C=O) groups excluding carboxylic acids is 2. The lowest BCUT2D eigenvalue weighted by Crippen LogP contribution is -2.88. The van der Waals surface area contributed by atoms with Gasteiger partial charge in [-0.25, -0.2) is 0 Å². The summed E-state index contributed by atoms with van der Waals surface area (Å²) in [6, 6.07) is 3.94. The minimum absolute atomic E-state index is 0.105. The summed E-state index contributed by atoms with van der Waals surface area (Å²) in [5, 5.41) is 7.03. The number of amides is 2. The van der Waals surface area contributed by atoms with Crippen molar-refractivity contribution in [3.63, 3.8) is 0 Å². The van der Waals surface area contributed by atoms with Crippen LogP contribution in [0.4, 0.5) is 0 Å². The van der Waals surface area contributed by atoms with E-state index < -0.39 is 0 Å². The molecule has 0 spiro atoms. The maximum absolute atomic E-state index is 11.9. The highest BCUT2D eigenvalue weighted by atomic mass is 16.5. The molecule has 7 heteroatoms. The van der Waals surface area contributed by atoms with Gasteiger partial charge in [0.25, 0.3) is 11.8 Å². The van der Waals surface area contributed by atoms with E-state index in [0.717, 1.165) is 29.0 Å². The second-order valence-electron chi connectivity index (χ2n) is 5.78. The molecule has 132 valence electrons. The number of benzene rings is 1. The van der Waals surface area contributed by atoms with Crippen LogP contribution in [0.15, 0.2) is 12.1 Å². The molecule has 1 aromatic rings. The predicted molar refractivity (Wildman–Crippen MR) is 89.0 cm³/mol. The number of nitrogens with one attached hydrogen (secondary N) is 2. The molecule has 0 fully saturated rings. The number of carbonyl (C=O) groups is 2. The molecule has 0 radical (unpaired) electrons. The van der Waals surface area contributed by atoms with Gasteiger partial charge >= 0.3 is 0 Å². The van der Waals surface area contributed by atoms with Gasteiger partial charge in [0.1, 0.15) is 17.6 Å². The quantitative estimate of drug-likeness (QED) is 0.587. The largest absolute Gasteiger partial charge is 0.494 e. The fourth-order valence-electron chi connectivity index (χ4n) is 2.61. The number of fused-ring (bicyclic) bond motifs is 1. The SMILES string of the molecule is CCOc1cc2c(cc1CNC(=O)C[NH2+]CC(=O)NC)O[C@@H](C)C2. The van der Waals surface area contributed by atoms with Crippen molar-refractivity contribution in [2.75, 3.05) is 26.7 Å². The van der Waals surface area contributed by atoms with E-state index >= 15 is 0 Å². The normalized spacial score (nSPS) is 15.4. The van der Waals surface area contributed by atoms with Crippen LogP contribution in [0, 0.1) is 0 Å². The van der Waals surface area contributed by atoms with Crippen LogP contribution >= 0.6 is 0 Å². The van der Waals surface area contributed by atoms with Gasteiger partial charge in [0.2, 0.25) is 0 Å². The number of quaternary nitrogens is 1. The highest BCUT2D eigenvalue weighted by Gasteiger charge is 2.22. The summed E-state index contributed by atoms with van der Waals surface area (Å²) in [5.41, 5.74) is 2.03. The van der Waals surface area contributed by atoms with Crippen molar-refractivity contribution in [3.8, 4) is 11.5 Å². The van der Waals surface area contributed by atoms with Crippen LogP contribution in [0.1, 0.15) is 25.0 Å². The molecular formula is C17H26N3O4+. The smallest absolute Gasteiger partial charge is 0.275 e. The van der Waals surface area contributed by atoms with Gasteiger partial charge in [0, 0.05) is 31.1 Å². The Morgan fingerprint density at radius 1 is 1.33 bits per heavy atom. The lowest BCUT2D eigenvalue weighted by Gasteiger charge is -2.13. The van der Waals surface area contributed by atoms with Crippen LogP contribution in [0.2, 0.25) is 0 Å². The number of rotatable bonds is 8. The van der Waals surface area contributed by atoms with Crippen LogP contribution in [-0.4, -0.2) is 44.7 Å². The first kappa shape index (κ1) is 18.1. The Labute approximate surface area is 142 Å². The summed E-state index contributed by atoms with van der Waals surface area (Å²) in [4.78, 5) is 23.0. The topological polar surface area (TPSA) is 93.3 Å². The van der Waals surface area contributed by atoms with Crippen molar-refractivity contribution in [2.24, 2.45) is 0 Å². The molecule has 1 atom stereocenters. The molecule has 4 N–H and O–H groups in total. The first-order valence-electron chi connectivity index (χ1n) is 8.27. The zero-order valence-corrected chi connectivity index (χ0v) is 14.5. The Morgan fingerprint density at radius 3 is 2.79 bits per heavy atom. The number of nitrogens with two attached hydrogens (primary N) is 1. The molecule has 2 rings (SSSR count). The van der Waals surface area contributed by atoms with Crippen molar-refractivity contribution < 1.29 is 24.4 Å². The van der Waals surface area contributed by atoms with Crippen LogP contribution in [0.5, 0.6) is 11.5 Å². The van der Waals surface area contributed by atoms with Gasteiger partial charge in [-0.15, -0.1) is 0 Å². The van der Waals surface area contributed by atoms with Crippen LogP contribution in [0.3, 0.4) is 0 Å². The summed E-state index contributed by atoms with van der Waals surface area (Å²) in [5.74, 6) is 1.41. The van der Waals surface area contributed by atoms with Gasteiger partial charge in [-0.1, -0.05) is 0 Å². The molecule has 0 saturated carbocycles. The number of ether oxygens (including phenoxy) is 2. The Hall–Kier alpha value is -2.28. The van der Waals surface area contributed by atoms with E-state index in [2.05, 4.69) is 10.6 Å². The Kier molecular flexibility index (Phi) is 6.43. The van der Waals surface area contributed by atoms with Gasteiger partial charge in [-0.05, 0) is 26.0 Å². The zero-order chi connectivity index (χ0) is 17.5. The fraction of sp³-hybridized carbons (Fsp3) is 0.529. The molecule has 0 bridgehead atoms. The van der Waals surface area contributed by atoms with Crippen LogP contribution in [-0.2, 0) is 22.6 Å². The standard InChI is InChI=1S/C17H25N3O4/c1-4-23-14-6-12-5-11(2)24-15(12)7-13(14)8-20-17(22)10-19-9-16(21)18-3/h6-7,11,19H,4-5,8-10H2,1-3H3,(H,18,21)(H,20,22)/p+1/t11-/m0/s1. The molecule has 24 heavy (non-hydrogen) atoms. The Bertz CT molecular complexity index is 604. The Balaban J connectivity index is 1.92. The van der Waals surface area contributed by atoms with E-state index in [0.29, 0.717) is 13.2 Å². The second kappa shape index (κ2) is 8.54. The molecule has 2 amide bonds. The monoisotopic (exact) mass is 336 g/mol. The number of hydrogen-bond acceptors (Lipinski definition) is 4.